The highest BCUT2D eigenvalue weighted by Crippen LogP contribution is 2.48. The molecule has 1 atom stereocenters. The molecule has 0 amide bonds. The Kier molecular flexibility index (Phi) is 7.64. The van der Waals surface area contributed by atoms with Gasteiger partial charge in [0.05, 0.1) is 33.3 Å². The number of nitrogens with zero attached hydrogens (tertiary/aromatic N) is 2. The molecule has 5 rings (SSSR count). The summed E-state index contributed by atoms with van der Waals surface area (Å²) < 4.78 is 6.05. The molecule has 2 N–H and O–H groups in total. The van der Waals surface area contributed by atoms with Crippen LogP contribution in [0.25, 0.3) is 0 Å². The van der Waals surface area contributed by atoms with Gasteiger partial charge in [-0.05, 0) is 73.7 Å². The minimum absolute atomic E-state index is 0.00589. The minimum atomic E-state index is -0.598. The third kappa shape index (κ3) is 5.01. The van der Waals surface area contributed by atoms with Gasteiger partial charge in [0.25, 0.3) is 0 Å². The lowest BCUT2D eigenvalue weighted by Gasteiger charge is -2.40. The van der Waals surface area contributed by atoms with Crippen molar-refractivity contribution in [3.05, 3.63) is 115 Å². The lowest BCUT2D eigenvalue weighted by molar-refractivity contribution is -0.116. The number of nitrogens with two attached hydrogens (primary N) is 1. The molecule has 1 heterocycles. The van der Waals surface area contributed by atoms with Crippen LogP contribution in [0.5, 0.6) is 5.75 Å². The van der Waals surface area contributed by atoms with Crippen LogP contribution in [-0.2, 0) is 11.4 Å². The summed E-state index contributed by atoms with van der Waals surface area (Å²) in [6.45, 7) is 4.26. The Balaban J connectivity index is 1.66. The molecule has 1 unspecified atom stereocenters. The first kappa shape index (κ1) is 27.1. The SMILES string of the molecule is Cc1cc(COc2ccccc2Cl)c(C)c(C2C(C#N)=C(N)N(c3ccc(Cl)cc3Cl)C3=C2C(=O)CCC3)c1. The van der Waals surface area contributed by atoms with E-state index in [1.165, 1.54) is 0 Å². The number of ether oxygens (including phenoxy) is 1. The number of hydrogen-bond donors (Lipinski definition) is 1. The quantitative estimate of drug-likeness (QED) is 0.330. The number of carbonyl (C=O) groups is 1. The van der Waals surface area contributed by atoms with Gasteiger partial charge in [0, 0.05) is 22.7 Å². The predicted molar refractivity (Wildman–Crippen MR) is 156 cm³/mol. The van der Waals surface area contributed by atoms with Crippen molar-refractivity contribution in [2.75, 3.05) is 4.90 Å². The van der Waals surface area contributed by atoms with Crippen LogP contribution in [0.1, 0.15) is 47.4 Å². The monoisotopic (exact) mass is 577 g/mol. The van der Waals surface area contributed by atoms with Crippen LogP contribution in [-0.4, -0.2) is 5.78 Å². The first-order valence-corrected chi connectivity index (χ1v) is 13.7. The summed E-state index contributed by atoms with van der Waals surface area (Å²) in [5.74, 6) is 0.254. The maximum atomic E-state index is 13.6. The number of allylic oxidation sites excluding steroid dienone is 3. The third-order valence-electron chi connectivity index (χ3n) is 7.29. The maximum absolute atomic E-state index is 13.6. The number of rotatable bonds is 5. The second-order valence-electron chi connectivity index (χ2n) is 9.77. The molecule has 198 valence electrons. The Morgan fingerprint density at radius 1 is 1.05 bits per heavy atom. The number of halogens is 3. The molecule has 2 aliphatic rings. The van der Waals surface area contributed by atoms with Gasteiger partial charge in [0.2, 0.25) is 0 Å². The first-order chi connectivity index (χ1) is 18.7. The summed E-state index contributed by atoms with van der Waals surface area (Å²) >= 11 is 19.0. The zero-order chi connectivity index (χ0) is 27.8. The van der Waals surface area contributed by atoms with E-state index in [-0.39, 0.29) is 18.2 Å². The fraction of sp³-hybridized carbons (Fsp3) is 0.226. The summed E-state index contributed by atoms with van der Waals surface area (Å²) in [6.07, 6.45) is 1.72. The van der Waals surface area contributed by atoms with E-state index >= 15 is 0 Å². The zero-order valence-electron chi connectivity index (χ0n) is 21.5. The molecule has 3 aromatic rings. The van der Waals surface area contributed by atoms with E-state index in [4.69, 9.17) is 45.3 Å². The molecule has 5 nitrogen and oxygen atoms in total. The van der Waals surface area contributed by atoms with E-state index in [1.54, 1.807) is 29.2 Å². The number of hydrogen-bond acceptors (Lipinski definition) is 5. The van der Waals surface area contributed by atoms with Gasteiger partial charge in [-0.15, -0.1) is 0 Å². The molecule has 3 aromatic carbocycles. The molecule has 0 fully saturated rings. The molecule has 0 aromatic heterocycles. The van der Waals surface area contributed by atoms with Crippen LogP contribution in [0.3, 0.4) is 0 Å². The molecule has 0 radical (unpaired) electrons. The van der Waals surface area contributed by atoms with Gasteiger partial charge in [0.15, 0.2) is 5.78 Å². The first-order valence-electron chi connectivity index (χ1n) is 12.6. The van der Waals surface area contributed by atoms with Crippen LogP contribution >= 0.6 is 34.8 Å². The topological polar surface area (TPSA) is 79.3 Å². The molecule has 8 heteroatoms. The van der Waals surface area contributed by atoms with Crippen LogP contribution in [0, 0.1) is 25.2 Å². The van der Waals surface area contributed by atoms with Crippen molar-refractivity contribution >= 4 is 46.3 Å². The van der Waals surface area contributed by atoms with Crippen LogP contribution in [0.4, 0.5) is 5.69 Å². The van der Waals surface area contributed by atoms with Gasteiger partial charge in [-0.1, -0.05) is 64.6 Å². The molecule has 0 spiro atoms. The van der Waals surface area contributed by atoms with Crippen molar-refractivity contribution in [1.29, 1.82) is 5.26 Å². The smallest absolute Gasteiger partial charge is 0.161 e. The molecule has 1 aliphatic carbocycles. The molecular formula is C31H26Cl3N3O2. The Morgan fingerprint density at radius 2 is 1.82 bits per heavy atom. The number of carbonyl (C=O) groups excluding carboxylic acids is 1. The highest BCUT2D eigenvalue weighted by atomic mass is 35.5. The van der Waals surface area contributed by atoms with Gasteiger partial charge in [-0.25, -0.2) is 0 Å². The summed E-state index contributed by atoms with van der Waals surface area (Å²) in [6, 6.07) is 18.8. The number of Topliss-reactive ketones (excluding diaryl/α,β-unsaturated/α-hetero) is 1. The third-order valence-corrected chi connectivity index (χ3v) is 8.14. The van der Waals surface area contributed by atoms with E-state index in [9.17, 15) is 10.1 Å². The van der Waals surface area contributed by atoms with Crippen molar-refractivity contribution in [3.63, 3.8) is 0 Å². The average Bonchev–Trinajstić information content (AvgIpc) is 2.90. The second kappa shape index (κ2) is 11.0. The maximum Gasteiger partial charge on any atom is 0.161 e. The molecule has 39 heavy (non-hydrogen) atoms. The van der Waals surface area contributed by atoms with Gasteiger partial charge < -0.3 is 10.5 Å². The van der Waals surface area contributed by atoms with E-state index in [2.05, 4.69) is 12.1 Å². The van der Waals surface area contributed by atoms with Gasteiger partial charge >= 0.3 is 0 Å². The second-order valence-corrected chi connectivity index (χ2v) is 11.0. The number of benzene rings is 3. The number of para-hydroxylation sites is 1. The van der Waals surface area contributed by atoms with Crippen molar-refractivity contribution in [2.24, 2.45) is 5.73 Å². The number of anilines is 1. The van der Waals surface area contributed by atoms with Crippen molar-refractivity contribution in [3.8, 4) is 11.8 Å². The Morgan fingerprint density at radius 3 is 2.54 bits per heavy atom. The standard InChI is InChI=1S/C31H26Cl3N3O2/c1-17-12-19(16-39-28-9-4-3-6-23(28)33)18(2)21(13-17)29-22(15-35)31(36)37(25-11-10-20(32)14-24(25)34)26-7-5-8-27(38)30(26)29/h3-4,6,9-14,29H,5,7-8,16,36H2,1-2H3. The molecular weight excluding hydrogens is 553 g/mol. The molecule has 0 saturated heterocycles. The van der Waals surface area contributed by atoms with E-state index in [1.807, 2.05) is 38.1 Å². The van der Waals surface area contributed by atoms with Gasteiger partial charge in [-0.3, -0.25) is 9.69 Å². The fourth-order valence-electron chi connectivity index (χ4n) is 5.47. The largest absolute Gasteiger partial charge is 0.487 e. The number of aryl methyl sites for hydroxylation is 1. The zero-order valence-corrected chi connectivity index (χ0v) is 23.8. The van der Waals surface area contributed by atoms with E-state index in [0.717, 1.165) is 28.0 Å². The predicted octanol–water partition coefficient (Wildman–Crippen LogP) is 8.15. The lowest BCUT2D eigenvalue weighted by atomic mass is 9.73. The van der Waals surface area contributed by atoms with Crippen LogP contribution in [0.15, 0.2) is 77.3 Å². The van der Waals surface area contributed by atoms with Crippen LogP contribution in [0.2, 0.25) is 15.1 Å². The summed E-state index contributed by atoms with van der Waals surface area (Å²) in [4.78, 5) is 15.3. The van der Waals surface area contributed by atoms with E-state index in [0.29, 0.717) is 56.9 Å². The normalized spacial score (nSPS) is 17.3. The van der Waals surface area contributed by atoms with Crippen molar-refractivity contribution in [2.45, 2.75) is 45.6 Å². The summed E-state index contributed by atoms with van der Waals surface area (Å²) in [7, 11) is 0. The summed E-state index contributed by atoms with van der Waals surface area (Å²) in [5.41, 5.74) is 12.7. The van der Waals surface area contributed by atoms with Crippen molar-refractivity contribution in [1.82, 2.24) is 0 Å². The average molecular weight is 579 g/mol. The highest BCUT2D eigenvalue weighted by molar-refractivity contribution is 6.36. The van der Waals surface area contributed by atoms with Gasteiger partial charge in [-0.2, -0.15) is 5.26 Å². The van der Waals surface area contributed by atoms with Crippen molar-refractivity contribution < 1.29 is 9.53 Å². The molecule has 0 bridgehead atoms. The summed E-state index contributed by atoms with van der Waals surface area (Å²) in [5, 5.41) is 11.8. The van der Waals surface area contributed by atoms with Gasteiger partial charge in [0.1, 0.15) is 18.2 Å². The number of nitriles is 1. The fourth-order valence-corrected chi connectivity index (χ4v) is 6.15. The Bertz CT molecular complexity index is 1600. The van der Waals surface area contributed by atoms with E-state index < -0.39 is 5.92 Å². The van der Waals surface area contributed by atoms with Crippen LogP contribution < -0.4 is 15.4 Å². The minimum Gasteiger partial charge on any atom is -0.487 e. The number of ketones is 1. The highest BCUT2D eigenvalue weighted by Gasteiger charge is 2.41. The lowest BCUT2D eigenvalue weighted by Crippen LogP contribution is -2.39. The molecule has 1 aliphatic heterocycles. The Hall–Kier alpha value is -3.43. The Labute approximate surface area is 243 Å². The molecule has 0 saturated carbocycles.